The SMILES string of the molecule is NC1COc2cccc(Cl)c2C1N1CCCCC1. The van der Waals surface area contributed by atoms with Crippen molar-refractivity contribution in [3.05, 3.63) is 28.8 Å². The highest BCUT2D eigenvalue weighted by Crippen LogP contribution is 2.40. The van der Waals surface area contributed by atoms with Crippen LogP contribution < -0.4 is 10.5 Å². The second-order valence-corrected chi connectivity index (χ2v) is 5.58. The van der Waals surface area contributed by atoms with Crippen LogP contribution in [0.25, 0.3) is 0 Å². The Morgan fingerprint density at radius 3 is 2.78 bits per heavy atom. The molecule has 1 aromatic rings. The van der Waals surface area contributed by atoms with Gasteiger partial charge in [0, 0.05) is 10.6 Å². The molecule has 1 saturated heterocycles. The molecule has 1 fully saturated rings. The van der Waals surface area contributed by atoms with E-state index in [2.05, 4.69) is 4.90 Å². The zero-order chi connectivity index (χ0) is 12.5. The lowest BCUT2D eigenvalue weighted by Crippen LogP contribution is -2.48. The van der Waals surface area contributed by atoms with E-state index in [-0.39, 0.29) is 12.1 Å². The minimum atomic E-state index is 0.00972. The molecule has 2 aliphatic rings. The molecule has 2 heterocycles. The summed E-state index contributed by atoms with van der Waals surface area (Å²) in [5.41, 5.74) is 7.35. The van der Waals surface area contributed by atoms with E-state index in [1.54, 1.807) is 0 Å². The molecule has 0 saturated carbocycles. The van der Waals surface area contributed by atoms with Gasteiger partial charge in [-0.15, -0.1) is 0 Å². The van der Waals surface area contributed by atoms with Gasteiger partial charge < -0.3 is 10.5 Å². The lowest BCUT2D eigenvalue weighted by atomic mass is 9.93. The van der Waals surface area contributed by atoms with Crippen LogP contribution in [0.1, 0.15) is 30.9 Å². The molecule has 2 aliphatic heterocycles. The van der Waals surface area contributed by atoms with Crippen LogP contribution >= 0.6 is 11.6 Å². The summed E-state index contributed by atoms with van der Waals surface area (Å²) in [6.07, 6.45) is 3.83. The maximum atomic E-state index is 6.36. The van der Waals surface area contributed by atoms with Gasteiger partial charge >= 0.3 is 0 Å². The van der Waals surface area contributed by atoms with Gasteiger partial charge in [0.15, 0.2) is 0 Å². The van der Waals surface area contributed by atoms with E-state index >= 15 is 0 Å². The maximum Gasteiger partial charge on any atom is 0.125 e. The third kappa shape index (κ3) is 2.11. The van der Waals surface area contributed by atoms with Crippen LogP contribution in [0.4, 0.5) is 0 Å². The van der Waals surface area contributed by atoms with Crippen molar-refractivity contribution in [1.29, 1.82) is 0 Å². The number of hydrogen-bond acceptors (Lipinski definition) is 3. The zero-order valence-corrected chi connectivity index (χ0v) is 11.2. The normalized spacial score (nSPS) is 28.6. The first-order valence-corrected chi connectivity index (χ1v) is 7.06. The summed E-state index contributed by atoms with van der Waals surface area (Å²) in [5.74, 6) is 0.903. The fraction of sp³-hybridized carbons (Fsp3) is 0.571. The molecule has 0 aromatic heterocycles. The monoisotopic (exact) mass is 266 g/mol. The third-order valence-electron chi connectivity index (χ3n) is 3.93. The average Bonchev–Trinajstić information content (AvgIpc) is 2.40. The lowest BCUT2D eigenvalue weighted by molar-refractivity contribution is 0.101. The van der Waals surface area contributed by atoms with Crippen molar-refractivity contribution in [1.82, 2.24) is 4.90 Å². The van der Waals surface area contributed by atoms with E-state index in [4.69, 9.17) is 22.1 Å². The summed E-state index contributed by atoms with van der Waals surface area (Å²) in [4.78, 5) is 2.47. The summed E-state index contributed by atoms with van der Waals surface area (Å²) in [6.45, 7) is 2.81. The van der Waals surface area contributed by atoms with Crippen LogP contribution in [0.5, 0.6) is 5.75 Å². The summed E-state index contributed by atoms with van der Waals surface area (Å²) in [7, 11) is 0. The van der Waals surface area contributed by atoms with Crippen molar-refractivity contribution < 1.29 is 4.74 Å². The molecule has 4 heteroatoms. The van der Waals surface area contributed by atoms with E-state index < -0.39 is 0 Å². The average molecular weight is 267 g/mol. The summed E-state index contributed by atoms with van der Waals surface area (Å²) < 4.78 is 5.70. The Bertz CT molecular complexity index is 432. The Morgan fingerprint density at radius 2 is 2.00 bits per heavy atom. The molecule has 3 rings (SSSR count). The predicted molar refractivity (Wildman–Crippen MR) is 73.1 cm³/mol. The number of likely N-dealkylation sites (tertiary alicyclic amines) is 1. The molecule has 0 radical (unpaired) electrons. The van der Waals surface area contributed by atoms with Crippen molar-refractivity contribution in [2.45, 2.75) is 31.3 Å². The Kier molecular flexibility index (Phi) is 3.46. The van der Waals surface area contributed by atoms with Crippen molar-refractivity contribution in [2.24, 2.45) is 5.73 Å². The number of halogens is 1. The van der Waals surface area contributed by atoms with Gasteiger partial charge in [-0.05, 0) is 38.1 Å². The first-order valence-electron chi connectivity index (χ1n) is 6.68. The zero-order valence-electron chi connectivity index (χ0n) is 10.4. The van der Waals surface area contributed by atoms with E-state index in [0.29, 0.717) is 6.61 Å². The van der Waals surface area contributed by atoms with Gasteiger partial charge in [0.05, 0.1) is 12.1 Å². The molecule has 2 unspecified atom stereocenters. The van der Waals surface area contributed by atoms with Gasteiger partial charge in [0.25, 0.3) is 0 Å². The van der Waals surface area contributed by atoms with E-state index in [1.807, 2.05) is 18.2 Å². The van der Waals surface area contributed by atoms with Gasteiger partial charge in [0.2, 0.25) is 0 Å². The number of piperidine rings is 1. The van der Waals surface area contributed by atoms with Crippen molar-refractivity contribution in [3.63, 3.8) is 0 Å². The Hall–Kier alpha value is -0.770. The number of nitrogens with zero attached hydrogens (tertiary/aromatic N) is 1. The van der Waals surface area contributed by atoms with Crippen LogP contribution in [-0.2, 0) is 0 Å². The van der Waals surface area contributed by atoms with E-state index in [1.165, 1.54) is 19.3 Å². The third-order valence-corrected chi connectivity index (χ3v) is 4.26. The highest BCUT2D eigenvalue weighted by molar-refractivity contribution is 6.31. The van der Waals surface area contributed by atoms with Crippen LogP contribution in [-0.4, -0.2) is 30.6 Å². The molecular formula is C14H19ClN2O. The molecule has 0 amide bonds. The molecule has 1 aromatic carbocycles. The quantitative estimate of drug-likeness (QED) is 0.849. The second-order valence-electron chi connectivity index (χ2n) is 5.17. The number of fused-ring (bicyclic) bond motifs is 1. The molecule has 3 nitrogen and oxygen atoms in total. The van der Waals surface area contributed by atoms with Crippen LogP contribution in [0.2, 0.25) is 5.02 Å². The first-order chi connectivity index (χ1) is 8.77. The topological polar surface area (TPSA) is 38.5 Å². The fourth-order valence-electron chi connectivity index (χ4n) is 3.07. The summed E-state index contributed by atoms with van der Waals surface area (Å²) >= 11 is 6.36. The van der Waals surface area contributed by atoms with Crippen LogP contribution in [0.3, 0.4) is 0 Å². The number of nitrogens with two attached hydrogens (primary N) is 1. The van der Waals surface area contributed by atoms with Crippen LogP contribution in [0.15, 0.2) is 18.2 Å². The number of benzene rings is 1. The smallest absolute Gasteiger partial charge is 0.125 e. The highest BCUT2D eigenvalue weighted by Gasteiger charge is 2.35. The molecule has 2 N–H and O–H groups in total. The molecule has 0 aliphatic carbocycles. The molecule has 2 atom stereocenters. The fourth-order valence-corrected chi connectivity index (χ4v) is 3.35. The second kappa shape index (κ2) is 5.08. The predicted octanol–water partition coefficient (Wildman–Crippen LogP) is 2.59. The summed E-state index contributed by atoms with van der Waals surface area (Å²) in [6, 6.07) is 6.08. The molecular weight excluding hydrogens is 248 g/mol. The van der Waals surface area contributed by atoms with Gasteiger partial charge in [0.1, 0.15) is 12.4 Å². The standard InChI is InChI=1S/C14H19ClN2O/c15-10-5-4-6-12-13(10)14(11(16)9-18-12)17-7-2-1-3-8-17/h4-6,11,14H,1-3,7-9,16H2. The van der Waals surface area contributed by atoms with Crippen molar-refractivity contribution in [3.8, 4) is 5.75 Å². The van der Waals surface area contributed by atoms with Gasteiger partial charge in [-0.2, -0.15) is 0 Å². The van der Waals surface area contributed by atoms with Crippen molar-refractivity contribution in [2.75, 3.05) is 19.7 Å². The number of hydrogen-bond donors (Lipinski definition) is 1. The molecule has 98 valence electrons. The van der Waals surface area contributed by atoms with Crippen molar-refractivity contribution >= 4 is 11.6 Å². The molecule has 0 spiro atoms. The van der Waals surface area contributed by atoms with Gasteiger partial charge in [-0.1, -0.05) is 24.1 Å². The highest BCUT2D eigenvalue weighted by atomic mass is 35.5. The lowest BCUT2D eigenvalue weighted by Gasteiger charge is -2.41. The Labute approximate surface area is 113 Å². The van der Waals surface area contributed by atoms with E-state index in [0.717, 1.165) is 29.4 Å². The first kappa shape index (κ1) is 12.3. The Balaban J connectivity index is 1.98. The number of rotatable bonds is 1. The Morgan fingerprint density at radius 1 is 1.22 bits per heavy atom. The van der Waals surface area contributed by atoms with E-state index in [9.17, 15) is 0 Å². The largest absolute Gasteiger partial charge is 0.491 e. The molecule has 0 bridgehead atoms. The summed E-state index contributed by atoms with van der Waals surface area (Å²) in [5, 5.41) is 0.776. The minimum absolute atomic E-state index is 0.00972. The van der Waals surface area contributed by atoms with Gasteiger partial charge in [-0.3, -0.25) is 4.90 Å². The van der Waals surface area contributed by atoms with Crippen LogP contribution in [0, 0.1) is 0 Å². The minimum Gasteiger partial charge on any atom is -0.491 e. The van der Waals surface area contributed by atoms with Gasteiger partial charge in [-0.25, -0.2) is 0 Å². The molecule has 18 heavy (non-hydrogen) atoms. The maximum absolute atomic E-state index is 6.36. The number of ether oxygens (including phenoxy) is 1.